The van der Waals surface area contributed by atoms with Crippen LogP contribution in [0.25, 0.3) is 23.0 Å². The zero-order valence-corrected chi connectivity index (χ0v) is 17.6. The summed E-state index contributed by atoms with van der Waals surface area (Å²) in [7, 11) is 3.13. The molecular formula is C22H19ClN4O4. The number of rotatable bonds is 7. The Morgan fingerprint density at radius 2 is 1.94 bits per heavy atom. The highest BCUT2D eigenvalue weighted by atomic mass is 35.5. The molecule has 0 saturated heterocycles. The maximum Gasteiger partial charge on any atom is 0.274 e. The molecule has 1 N–H and O–H groups in total. The Bertz CT molecular complexity index is 1220. The maximum atomic E-state index is 12.5. The van der Waals surface area contributed by atoms with Crippen LogP contribution in [0.1, 0.15) is 0 Å². The Morgan fingerprint density at radius 1 is 1.10 bits per heavy atom. The second-order valence-electron chi connectivity index (χ2n) is 6.57. The molecule has 2 aromatic heterocycles. The van der Waals surface area contributed by atoms with Crippen molar-refractivity contribution in [2.45, 2.75) is 6.54 Å². The Balaban J connectivity index is 1.53. The first-order chi connectivity index (χ1) is 15.1. The molecule has 8 nitrogen and oxygen atoms in total. The van der Waals surface area contributed by atoms with Crippen molar-refractivity contribution in [2.75, 3.05) is 19.5 Å². The minimum absolute atomic E-state index is 0.0723. The number of carbonyl (C=O) groups excluding carboxylic acids is 1. The van der Waals surface area contributed by atoms with Crippen molar-refractivity contribution in [3.05, 3.63) is 65.8 Å². The van der Waals surface area contributed by atoms with Gasteiger partial charge in [-0.1, -0.05) is 22.8 Å². The van der Waals surface area contributed by atoms with E-state index in [0.717, 1.165) is 0 Å². The standard InChI is InChI=1S/C22H19ClN4O4/c1-29-18-9-8-14(11-19(18)30-2)21-25-22(31-26-21)17-7-4-10-27(17)13-20(28)24-16-6-3-5-15(23)12-16/h3-12H,13H2,1-2H3,(H,24,28). The fraction of sp³-hybridized carbons (Fsp3) is 0.136. The SMILES string of the molecule is COc1ccc(-c2noc(-c3cccn3CC(=O)Nc3cccc(Cl)c3)n2)cc1OC. The lowest BCUT2D eigenvalue weighted by Gasteiger charge is -2.08. The van der Waals surface area contributed by atoms with Crippen LogP contribution in [0.4, 0.5) is 5.69 Å². The van der Waals surface area contributed by atoms with E-state index in [9.17, 15) is 4.79 Å². The highest BCUT2D eigenvalue weighted by Crippen LogP contribution is 2.32. The van der Waals surface area contributed by atoms with Crippen LogP contribution in [0.3, 0.4) is 0 Å². The van der Waals surface area contributed by atoms with Gasteiger partial charge in [-0.15, -0.1) is 0 Å². The molecular weight excluding hydrogens is 420 g/mol. The van der Waals surface area contributed by atoms with Crippen LogP contribution in [0.2, 0.25) is 5.02 Å². The van der Waals surface area contributed by atoms with E-state index in [1.54, 1.807) is 67.4 Å². The quantitative estimate of drug-likeness (QED) is 0.456. The molecule has 0 saturated carbocycles. The third-order valence-corrected chi connectivity index (χ3v) is 4.77. The molecule has 0 atom stereocenters. The van der Waals surface area contributed by atoms with Crippen LogP contribution in [-0.4, -0.2) is 34.8 Å². The highest BCUT2D eigenvalue weighted by Gasteiger charge is 2.17. The van der Waals surface area contributed by atoms with Crippen LogP contribution in [0.15, 0.2) is 65.3 Å². The normalized spacial score (nSPS) is 10.7. The molecule has 0 radical (unpaired) electrons. The molecule has 4 rings (SSSR count). The number of benzene rings is 2. The van der Waals surface area contributed by atoms with Crippen LogP contribution < -0.4 is 14.8 Å². The zero-order valence-electron chi connectivity index (χ0n) is 16.8. The second-order valence-corrected chi connectivity index (χ2v) is 7.01. The van der Waals surface area contributed by atoms with Gasteiger partial charge in [-0.05, 0) is 48.5 Å². The minimum atomic E-state index is -0.209. The number of aromatic nitrogens is 3. The fourth-order valence-electron chi connectivity index (χ4n) is 3.09. The molecule has 0 aliphatic carbocycles. The number of anilines is 1. The van der Waals surface area contributed by atoms with Gasteiger partial charge in [-0.25, -0.2) is 0 Å². The molecule has 0 spiro atoms. The first-order valence-corrected chi connectivity index (χ1v) is 9.72. The van der Waals surface area contributed by atoms with E-state index in [0.29, 0.717) is 45.2 Å². The topological polar surface area (TPSA) is 91.4 Å². The first-order valence-electron chi connectivity index (χ1n) is 9.34. The average Bonchev–Trinajstić information content (AvgIpc) is 3.42. The summed E-state index contributed by atoms with van der Waals surface area (Å²) in [4.78, 5) is 16.9. The fourth-order valence-corrected chi connectivity index (χ4v) is 3.28. The molecule has 0 unspecified atom stereocenters. The Labute approximate surface area is 183 Å². The lowest BCUT2D eigenvalue weighted by Crippen LogP contribution is -2.18. The van der Waals surface area contributed by atoms with Gasteiger partial charge < -0.3 is 23.9 Å². The zero-order chi connectivity index (χ0) is 21.8. The highest BCUT2D eigenvalue weighted by molar-refractivity contribution is 6.30. The number of nitrogens with zero attached hydrogens (tertiary/aromatic N) is 3. The summed E-state index contributed by atoms with van der Waals surface area (Å²) in [5.74, 6) is 1.65. The third-order valence-electron chi connectivity index (χ3n) is 4.54. The summed E-state index contributed by atoms with van der Waals surface area (Å²) in [6, 6.07) is 15.9. The van der Waals surface area contributed by atoms with E-state index in [-0.39, 0.29) is 12.5 Å². The van der Waals surface area contributed by atoms with Crippen molar-refractivity contribution in [3.8, 4) is 34.5 Å². The summed E-state index contributed by atoms with van der Waals surface area (Å²) in [6.45, 7) is 0.0723. The second kappa shape index (κ2) is 8.93. The number of nitrogens with one attached hydrogen (secondary N) is 1. The van der Waals surface area contributed by atoms with Crippen LogP contribution in [0, 0.1) is 0 Å². The van der Waals surface area contributed by atoms with Crippen molar-refractivity contribution in [1.82, 2.24) is 14.7 Å². The number of carbonyl (C=O) groups is 1. The molecule has 2 heterocycles. The predicted molar refractivity (Wildman–Crippen MR) is 116 cm³/mol. The van der Waals surface area contributed by atoms with Gasteiger partial charge in [0.05, 0.1) is 14.2 Å². The van der Waals surface area contributed by atoms with Crippen molar-refractivity contribution in [3.63, 3.8) is 0 Å². The van der Waals surface area contributed by atoms with Gasteiger partial charge in [0.15, 0.2) is 11.5 Å². The van der Waals surface area contributed by atoms with E-state index in [1.807, 2.05) is 12.1 Å². The minimum Gasteiger partial charge on any atom is -0.493 e. The number of ether oxygens (including phenoxy) is 2. The van der Waals surface area contributed by atoms with E-state index >= 15 is 0 Å². The number of methoxy groups -OCH3 is 2. The number of halogens is 1. The molecule has 2 aromatic carbocycles. The number of amides is 1. The van der Waals surface area contributed by atoms with Crippen molar-refractivity contribution in [1.29, 1.82) is 0 Å². The van der Waals surface area contributed by atoms with E-state index in [1.165, 1.54) is 0 Å². The van der Waals surface area contributed by atoms with E-state index in [2.05, 4.69) is 15.5 Å². The monoisotopic (exact) mass is 438 g/mol. The Kier molecular flexibility index (Phi) is 5.90. The molecule has 0 fully saturated rings. The third kappa shape index (κ3) is 4.54. The van der Waals surface area contributed by atoms with E-state index in [4.69, 9.17) is 25.6 Å². The van der Waals surface area contributed by atoms with Gasteiger partial charge >= 0.3 is 0 Å². The lowest BCUT2D eigenvalue weighted by molar-refractivity contribution is -0.116. The molecule has 4 aromatic rings. The van der Waals surface area contributed by atoms with Gasteiger partial charge in [-0.2, -0.15) is 4.98 Å². The van der Waals surface area contributed by atoms with E-state index < -0.39 is 0 Å². The Morgan fingerprint density at radius 3 is 2.71 bits per heavy atom. The summed E-state index contributed by atoms with van der Waals surface area (Å²) in [5, 5.41) is 7.43. The van der Waals surface area contributed by atoms with Crippen LogP contribution >= 0.6 is 11.6 Å². The molecule has 31 heavy (non-hydrogen) atoms. The molecule has 9 heteroatoms. The number of hydrogen-bond acceptors (Lipinski definition) is 6. The molecule has 0 aliphatic rings. The molecule has 0 aliphatic heterocycles. The summed E-state index contributed by atoms with van der Waals surface area (Å²) in [5.41, 5.74) is 1.96. The average molecular weight is 439 g/mol. The van der Waals surface area contributed by atoms with Crippen LogP contribution in [-0.2, 0) is 11.3 Å². The van der Waals surface area contributed by atoms with Crippen molar-refractivity contribution < 1.29 is 18.8 Å². The first kappa shape index (κ1) is 20.5. The lowest BCUT2D eigenvalue weighted by atomic mass is 10.2. The van der Waals surface area contributed by atoms with Gasteiger partial charge in [0.25, 0.3) is 5.89 Å². The molecule has 158 valence electrons. The van der Waals surface area contributed by atoms with Gasteiger partial charge in [0, 0.05) is 22.5 Å². The van der Waals surface area contributed by atoms with Gasteiger partial charge in [-0.3, -0.25) is 4.79 Å². The predicted octanol–water partition coefficient (Wildman–Crippen LogP) is 4.51. The summed E-state index contributed by atoms with van der Waals surface area (Å²) < 4.78 is 17.8. The Hall–Kier alpha value is -3.78. The van der Waals surface area contributed by atoms with Gasteiger partial charge in [0.2, 0.25) is 11.7 Å². The van der Waals surface area contributed by atoms with Gasteiger partial charge in [0.1, 0.15) is 12.2 Å². The van der Waals surface area contributed by atoms with Crippen LogP contribution in [0.5, 0.6) is 11.5 Å². The largest absolute Gasteiger partial charge is 0.493 e. The summed E-state index contributed by atoms with van der Waals surface area (Å²) >= 11 is 5.97. The molecule has 0 bridgehead atoms. The maximum absolute atomic E-state index is 12.5. The van der Waals surface area contributed by atoms with Crippen molar-refractivity contribution in [2.24, 2.45) is 0 Å². The molecule has 1 amide bonds. The summed E-state index contributed by atoms with van der Waals surface area (Å²) in [6.07, 6.45) is 1.77. The number of hydrogen-bond donors (Lipinski definition) is 1. The smallest absolute Gasteiger partial charge is 0.274 e. The van der Waals surface area contributed by atoms with Crippen molar-refractivity contribution >= 4 is 23.2 Å².